The molecular weight excluding hydrogens is 504 g/mol. The predicted octanol–water partition coefficient (Wildman–Crippen LogP) is 5.60. The molecule has 2 N–H and O–H groups in total. The molecule has 9 heteroatoms. The van der Waals surface area contributed by atoms with Gasteiger partial charge in [-0.15, -0.1) is 0 Å². The highest BCUT2D eigenvalue weighted by Crippen LogP contribution is 2.22. The Balaban J connectivity index is 1.31. The van der Waals surface area contributed by atoms with Crippen molar-refractivity contribution in [1.29, 1.82) is 0 Å². The van der Waals surface area contributed by atoms with E-state index >= 15 is 0 Å². The first-order chi connectivity index (χ1) is 18.4. The molecule has 0 saturated heterocycles. The monoisotopic (exact) mass is 532 g/mol. The molecule has 0 heterocycles. The Morgan fingerprint density at radius 1 is 0.684 bits per heavy atom. The summed E-state index contributed by atoms with van der Waals surface area (Å²) in [4.78, 5) is 12.8. The number of hydrogen-bond acceptors (Lipinski definition) is 6. The predicted molar refractivity (Wildman–Crippen MR) is 147 cm³/mol. The molecule has 8 nitrogen and oxygen atoms in total. The minimum absolute atomic E-state index is 0.0671. The topological polar surface area (TPSA) is 103 Å². The van der Waals surface area contributed by atoms with Gasteiger partial charge in [0.2, 0.25) is 0 Å². The number of sulfonamides is 1. The molecule has 4 aromatic carbocycles. The standard InChI is InChI=1S/C29H28N2O6S/c1-2-35-26-15-11-24(12-16-26)31-38(33,34)28-17-13-23(14-18-28)30-29(32)22-7-6-10-27(21-22)37-20-19-36-25-8-4-3-5-9-25/h3-18,21,31H,2,19-20H2,1H3,(H,30,32). The minimum atomic E-state index is -3.80. The van der Waals surface area contributed by atoms with Gasteiger partial charge in [0, 0.05) is 16.9 Å². The summed E-state index contributed by atoms with van der Waals surface area (Å²) in [7, 11) is -3.80. The lowest BCUT2D eigenvalue weighted by atomic mass is 10.2. The second kappa shape index (κ2) is 12.6. The molecule has 0 aliphatic rings. The molecule has 1 amide bonds. The van der Waals surface area contributed by atoms with Crippen LogP contribution in [0.25, 0.3) is 0 Å². The Morgan fingerprint density at radius 3 is 1.97 bits per heavy atom. The Morgan fingerprint density at radius 2 is 1.29 bits per heavy atom. The van der Waals surface area contributed by atoms with Crippen LogP contribution in [-0.4, -0.2) is 34.1 Å². The number of hydrogen-bond donors (Lipinski definition) is 2. The van der Waals surface area contributed by atoms with Gasteiger partial charge in [0.25, 0.3) is 15.9 Å². The van der Waals surface area contributed by atoms with Gasteiger partial charge in [-0.3, -0.25) is 9.52 Å². The highest BCUT2D eigenvalue weighted by Gasteiger charge is 2.15. The van der Waals surface area contributed by atoms with E-state index in [-0.39, 0.29) is 10.8 Å². The van der Waals surface area contributed by atoms with E-state index in [1.54, 1.807) is 48.5 Å². The van der Waals surface area contributed by atoms with Crippen LogP contribution >= 0.6 is 0 Å². The number of carbonyl (C=O) groups is 1. The molecule has 0 radical (unpaired) electrons. The van der Waals surface area contributed by atoms with E-state index < -0.39 is 10.0 Å². The van der Waals surface area contributed by atoms with E-state index in [1.165, 1.54) is 24.3 Å². The van der Waals surface area contributed by atoms with Gasteiger partial charge in [-0.1, -0.05) is 24.3 Å². The number of nitrogens with one attached hydrogen (secondary N) is 2. The second-order valence-corrected chi connectivity index (χ2v) is 9.76. The molecule has 0 atom stereocenters. The normalized spacial score (nSPS) is 10.9. The highest BCUT2D eigenvalue weighted by atomic mass is 32.2. The molecule has 38 heavy (non-hydrogen) atoms. The third kappa shape index (κ3) is 7.50. The number of para-hydroxylation sites is 1. The summed E-state index contributed by atoms with van der Waals surface area (Å²) < 4.78 is 44.7. The summed E-state index contributed by atoms with van der Waals surface area (Å²) in [5, 5.41) is 2.77. The van der Waals surface area contributed by atoms with Gasteiger partial charge in [-0.05, 0) is 85.8 Å². The summed E-state index contributed by atoms with van der Waals surface area (Å²) in [6.07, 6.45) is 0. The van der Waals surface area contributed by atoms with Crippen LogP contribution in [0, 0.1) is 0 Å². The van der Waals surface area contributed by atoms with E-state index in [0.29, 0.717) is 48.3 Å². The lowest BCUT2D eigenvalue weighted by Gasteiger charge is -2.11. The number of amides is 1. The molecule has 4 aromatic rings. The first-order valence-electron chi connectivity index (χ1n) is 12.0. The van der Waals surface area contributed by atoms with Crippen molar-refractivity contribution in [1.82, 2.24) is 0 Å². The maximum Gasteiger partial charge on any atom is 0.261 e. The molecule has 196 valence electrons. The van der Waals surface area contributed by atoms with Gasteiger partial charge < -0.3 is 19.5 Å². The van der Waals surface area contributed by atoms with Gasteiger partial charge in [0.15, 0.2) is 0 Å². The summed E-state index contributed by atoms with van der Waals surface area (Å²) in [6, 6.07) is 28.8. The van der Waals surface area contributed by atoms with Gasteiger partial charge >= 0.3 is 0 Å². The van der Waals surface area contributed by atoms with Gasteiger partial charge in [0.1, 0.15) is 30.5 Å². The highest BCUT2D eigenvalue weighted by molar-refractivity contribution is 7.92. The van der Waals surface area contributed by atoms with Crippen LogP contribution in [0.4, 0.5) is 11.4 Å². The number of rotatable bonds is 12. The first-order valence-corrected chi connectivity index (χ1v) is 13.5. The quantitative estimate of drug-likeness (QED) is 0.230. The van der Waals surface area contributed by atoms with E-state index in [4.69, 9.17) is 14.2 Å². The van der Waals surface area contributed by atoms with Gasteiger partial charge in [-0.25, -0.2) is 8.42 Å². The van der Waals surface area contributed by atoms with Crippen LogP contribution in [-0.2, 0) is 10.0 Å². The van der Waals surface area contributed by atoms with Crippen molar-refractivity contribution >= 4 is 27.3 Å². The third-order valence-corrected chi connectivity index (χ3v) is 6.70. The maximum absolute atomic E-state index is 12.7. The Kier molecular flexibility index (Phi) is 8.84. The van der Waals surface area contributed by atoms with Crippen LogP contribution in [0.2, 0.25) is 0 Å². The molecule has 0 bridgehead atoms. The van der Waals surface area contributed by atoms with Crippen molar-refractivity contribution in [3.8, 4) is 17.2 Å². The SMILES string of the molecule is CCOc1ccc(NS(=O)(=O)c2ccc(NC(=O)c3cccc(OCCOc4ccccc4)c3)cc2)cc1. The van der Waals surface area contributed by atoms with Crippen LogP contribution < -0.4 is 24.2 Å². The fourth-order valence-corrected chi connectivity index (χ4v) is 4.54. The van der Waals surface area contributed by atoms with Crippen molar-refractivity contribution in [3.63, 3.8) is 0 Å². The van der Waals surface area contributed by atoms with Crippen molar-refractivity contribution in [2.75, 3.05) is 29.9 Å². The van der Waals surface area contributed by atoms with Crippen LogP contribution in [0.15, 0.2) is 108 Å². The molecule has 0 aromatic heterocycles. The second-order valence-electron chi connectivity index (χ2n) is 8.08. The van der Waals surface area contributed by atoms with E-state index in [0.717, 1.165) is 5.75 Å². The third-order valence-electron chi connectivity index (χ3n) is 5.30. The van der Waals surface area contributed by atoms with Crippen molar-refractivity contribution in [2.45, 2.75) is 11.8 Å². The first kappa shape index (κ1) is 26.6. The molecule has 0 aliphatic heterocycles. The summed E-state index contributed by atoms with van der Waals surface area (Å²) >= 11 is 0. The summed E-state index contributed by atoms with van der Waals surface area (Å²) in [5.41, 5.74) is 1.28. The van der Waals surface area contributed by atoms with E-state index in [9.17, 15) is 13.2 Å². The average molecular weight is 533 g/mol. The van der Waals surface area contributed by atoms with Crippen LogP contribution in [0.1, 0.15) is 17.3 Å². The van der Waals surface area contributed by atoms with Gasteiger partial charge in [0.05, 0.1) is 11.5 Å². The summed E-state index contributed by atoms with van der Waals surface area (Å²) in [6.45, 7) is 3.08. The van der Waals surface area contributed by atoms with Crippen LogP contribution in [0.3, 0.4) is 0 Å². The van der Waals surface area contributed by atoms with Crippen molar-refractivity contribution < 1.29 is 27.4 Å². The number of carbonyl (C=O) groups excluding carboxylic acids is 1. The average Bonchev–Trinajstić information content (AvgIpc) is 2.93. The molecular formula is C29H28N2O6S. The molecule has 0 saturated carbocycles. The van der Waals surface area contributed by atoms with Gasteiger partial charge in [-0.2, -0.15) is 0 Å². The Hall–Kier alpha value is -4.50. The number of ether oxygens (including phenoxy) is 3. The Labute approximate surface area is 222 Å². The molecule has 4 rings (SSSR count). The van der Waals surface area contributed by atoms with E-state index in [2.05, 4.69) is 10.0 Å². The van der Waals surface area contributed by atoms with Crippen molar-refractivity contribution in [3.05, 3.63) is 109 Å². The molecule has 0 fully saturated rings. The fourth-order valence-electron chi connectivity index (χ4n) is 3.48. The smallest absolute Gasteiger partial charge is 0.261 e. The molecule has 0 unspecified atom stereocenters. The zero-order valence-electron chi connectivity index (χ0n) is 20.8. The fraction of sp³-hybridized carbons (Fsp3) is 0.138. The maximum atomic E-state index is 12.7. The zero-order chi connectivity index (χ0) is 26.8. The molecule has 0 aliphatic carbocycles. The van der Waals surface area contributed by atoms with Crippen molar-refractivity contribution in [2.24, 2.45) is 0 Å². The minimum Gasteiger partial charge on any atom is -0.494 e. The number of anilines is 2. The Bertz CT molecular complexity index is 1440. The van der Waals surface area contributed by atoms with E-state index in [1.807, 2.05) is 37.3 Å². The lowest BCUT2D eigenvalue weighted by Crippen LogP contribution is -2.14. The summed E-state index contributed by atoms with van der Waals surface area (Å²) in [5.74, 6) is 1.61. The largest absolute Gasteiger partial charge is 0.494 e. The number of benzene rings is 4. The molecule has 0 spiro atoms. The zero-order valence-corrected chi connectivity index (χ0v) is 21.6. The van der Waals surface area contributed by atoms with Crippen LogP contribution in [0.5, 0.6) is 17.2 Å². The lowest BCUT2D eigenvalue weighted by molar-refractivity contribution is 0.102.